The Labute approximate surface area is 161 Å². The average Bonchev–Trinajstić information content (AvgIpc) is 3.09. The molecule has 3 N–H and O–H groups in total. The number of nitrogens with one attached hydrogen (secondary N) is 3. The van der Waals surface area contributed by atoms with Crippen molar-refractivity contribution in [1.82, 2.24) is 29.9 Å². The first-order chi connectivity index (χ1) is 13.8. The molecule has 2 aliphatic rings. The Balaban J connectivity index is 1.41. The van der Waals surface area contributed by atoms with Crippen LogP contribution in [0.4, 0.5) is 11.8 Å². The van der Waals surface area contributed by atoms with Crippen LogP contribution in [0.2, 0.25) is 0 Å². The predicted molar refractivity (Wildman–Crippen MR) is 108 cm³/mol. The van der Waals surface area contributed by atoms with Gasteiger partial charge in [-0.1, -0.05) is 0 Å². The number of aromatic nitrogens is 5. The fourth-order valence-electron chi connectivity index (χ4n) is 4.36. The Bertz CT molecular complexity index is 1190. The summed E-state index contributed by atoms with van der Waals surface area (Å²) in [6.45, 7) is 2.17. The van der Waals surface area contributed by atoms with E-state index < -0.39 is 0 Å². The van der Waals surface area contributed by atoms with Crippen molar-refractivity contribution in [1.29, 1.82) is 0 Å². The first-order valence-corrected chi connectivity index (χ1v) is 9.58. The SMILES string of the molecule is CNc1nc(NC2[C@H]3CNC[C@@H]23)nn2ccc(-c3ccc4ncccc4n3)c12. The molecule has 0 amide bonds. The number of hydrogen-bond donors (Lipinski definition) is 3. The van der Waals surface area contributed by atoms with E-state index >= 15 is 0 Å². The van der Waals surface area contributed by atoms with Crippen LogP contribution in [-0.4, -0.2) is 50.7 Å². The highest BCUT2D eigenvalue weighted by atomic mass is 15.3. The van der Waals surface area contributed by atoms with Crippen molar-refractivity contribution >= 4 is 28.3 Å². The molecule has 1 unspecified atom stereocenters. The zero-order valence-electron chi connectivity index (χ0n) is 15.4. The number of piperidine rings is 1. The van der Waals surface area contributed by atoms with E-state index in [4.69, 9.17) is 15.1 Å². The summed E-state index contributed by atoms with van der Waals surface area (Å²) in [6, 6.07) is 10.4. The minimum Gasteiger partial charge on any atom is -0.371 e. The van der Waals surface area contributed by atoms with Gasteiger partial charge in [-0.2, -0.15) is 4.98 Å². The quantitative estimate of drug-likeness (QED) is 0.505. The van der Waals surface area contributed by atoms with Gasteiger partial charge in [-0.15, -0.1) is 5.10 Å². The highest BCUT2D eigenvalue weighted by molar-refractivity contribution is 5.89. The van der Waals surface area contributed by atoms with Gasteiger partial charge < -0.3 is 16.0 Å². The number of rotatable bonds is 4. The van der Waals surface area contributed by atoms with Gasteiger partial charge in [-0.3, -0.25) is 4.98 Å². The molecular weight excluding hydrogens is 352 g/mol. The molecule has 8 nitrogen and oxygen atoms in total. The Morgan fingerprint density at radius 2 is 1.96 bits per heavy atom. The second kappa shape index (κ2) is 5.87. The van der Waals surface area contributed by atoms with E-state index in [1.54, 1.807) is 6.20 Å². The molecule has 5 heterocycles. The summed E-state index contributed by atoms with van der Waals surface area (Å²) < 4.78 is 1.88. The maximum atomic E-state index is 4.78. The molecule has 1 saturated heterocycles. The number of anilines is 2. The Morgan fingerprint density at radius 3 is 2.82 bits per heavy atom. The molecule has 2 fully saturated rings. The lowest BCUT2D eigenvalue weighted by molar-refractivity contribution is 0.691. The summed E-state index contributed by atoms with van der Waals surface area (Å²) in [5.41, 5.74) is 4.55. The monoisotopic (exact) mass is 372 g/mol. The minimum atomic E-state index is 0.480. The van der Waals surface area contributed by atoms with Gasteiger partial charge >= 0.3 is 0 Å². The average molecular weight is 372 g/mol. The van der Waals surface area contributed by atoms with Crippen LogP contribution in [0.25, 0.3) is 27.8 Å². The van der Waals surface area contributed by atoms with Gasteiger partial charge in [-0.05, 0) is 42.2 Å². The third-order valence-corrected chi connectivity index (χ3v) is 5.87. The topological polar surface area (TPSA) is 92.1 Å². The van der Waals surface area contributed by atoms with Crippen LogP contribution in [0.1, 0.15) is 0 Å². The van der Waals surface area contributed by atoms with Crippen LogP contribution in [0, 0.1) is 11.8 Å². The molecule has 4 aromatic rings. The van der Waals surface area contributed by atoms with Crippen LogP contribution in [0.5, 0.6) is 0 Å². The molecule has 1 saturated carbocycles. The Morgan fingerprint density at radius 1 is 1.07 bits per heavy atom. The molecule has 6 rings (SSSR count). The van der Waals surface area contributed by atoms with Crippen molar-refractivity contribution in [3.05, 3.63) is 42.7 Å². The van der Waals surface area contributed by atoms with E-state index in [0.717, 1.165) is 46.7 Å². The molecule has 1 aliphatic carbocycles. The summed E-state index contributed by atoms with van der Waals surface area (Å²) in [5.74, 6) is 2.85. The first kappa shape index (κ1) is 15.8. The molecule has 28 heavy (non-hydrogen) atoms. The molecule has 8 heteroatoms. The number of pyridine rings is 2. The molecular formula is C20H20N8. The maximum absolute atomic E-state index is 4.78. The molecule has 3 atom stereocenters. The lowest BCUT2D eigenvalue weighted by Gasteiger charge is -2.11. The molecule has 140 valence electrons. The first-order valence-electron chi connectivity index (χ1n) is 9.58. The third kappa shape index (κ3) is 2.34. The maximum Gasteiger partial charge on any atom is 0.243 e. The molecule has 0 spiro atoms. The predicted octanol–water partition coefficient (Wildman–Crippen LogP) is 2.01. The summed E-state index contributed by atoms with van der Waals surface area (Å²) in [6.07, 6.45) is 3.74. The van der Waals surface area contributed by atoms with Gasteiger partial charge in [0.05, 0.1) is 16.7 Å². The number of hydrogen-bond acceptors (Lipinski definition) is 7. The fourth-order valence-corrected chi connectivity index (χ4v) is 4.36. The highest BCUT2D eigenvalue weighted by Gasteiger charge is 2.53. The molecule has 0 bridgehead atoms. The Hall–Kier alpha value is -3.26. The zero-order valence-corrected chi connectivity index (χ0v) is 15.4. The van der Waals surface area contributed by atoms with Crippen LogP contribution >= 0.6 is 0 Å². The zero-order chi connectivity index (χ0) is 18.7. The second-order valence-corrected chi connectivity index (χ2v) is 7.45. The van der Waals surface area contributed by atoms with E-state index in [1.807, 2.05) is 48.1 Å². The summed E-state index contributed by atoms with van der Waals surface area (Å²) in [5, 5.41) is 14.8. The smallest absolute Gasteiger partial charge is 0.243 e. The summed E-state index contributed by atoms with van der Waals surface area (Å²) in [4.78, 5) is 13.9. The number of nitrogens with zero attached hydrogens (tertiary/aromatic N) is 5. The van der Waals surface area contributed by atoms with Gasteiger partial charge in [0.1, 0.15) is 5.52 Å². The van der Waals surface area contributed by atoms with Crippen LogP contribution < -0.4 is 16.0 Å². The summed E-state index contributed by atoms with van der Waals surface area (Å²) >= 11 is 0. The molecule has 0 aromatic carbocycles. The largest absolute Gasteiger partial charge is 0.371 e. The summed E-state index contributed by atoms with van der Waals surface area (Å²) in [7, 11) is 1.89. The van der Waals surface area contributed by atoms with Crippen LogP contribution in [0.3, 0.4) is 0 Å². The molecule has 4 aromatic heterocycles. The fraction of sp³-hybridized carbons (Fsp3) is 0.300. The molecule has 1 aliphatic heterocycles. The van der Waals surface area contributed by atoms with Crippen molar-refractivity contribution in [3.63, 3.8) is 0 Å². The van der Waals surface area contributed by atoms with E-state index in [9.17, 15) is 0 Å². The van der Waals surface area contributed by atoms with Crippen molar-refractivity contribution in [2.24, 2.45) is 11.8 Å². The van der Waals surface area contributed by atoms with Crippen molar-refractivity contribution in [2.45, 2.75) is 6.04 Å². The van der Waals surface area contributed by atoms with Gasteiger partial charge in [-0.25, -0.2) is 9.50 Å². The van der Waals surface area contributed by atoms with Gasteiger partial charge in [0.2, 0.25) is 5.95 Å². The molecule has 0 radical (unpaired) electrons. The van der Waals surface area contributed by atoms with E-state index in [0.29, 0.717) is 23.8 Å². The van der Waals surface area contributed by atoms with E-state index in [-0.39, 0.29) is 0 Å². The lowest BCUT2D eigenvalue weighted by Crippen LogP contribution is -2.22. The minimum absolute atomic E-state index is 0.480. The van der Waals surface area contributed by atoms with Gasteiger partial charge in [0.25, 0.3) is 0 Å². The van der Waals surface area contributed by atoms with Crippen molar-refractivity contribution in [3.8, 4) is 11.3 Å². The van der Waals surface area contributed by atoms with Gasteiger partial charge in [0.15, 0.2) is 5.82 Å². The van der Waals surface area contributed by atoms with E-state index in [2.05, 4.69) is 20.9 Å². The second-order valence-electron chi connectivity index (χ2n) is 7.45. The van der Waals surface area contributed by atoms with Crippen molar-refractivity contribution in [2.75, 3.05) is 30.8 Å². The van der Waals surface area contributed by atoms with Gasteiger partial charge in [0, 0.05) is 44.1 Å². The number of fused-ring (bicyclic) bond motifs is 3. The normalized spacial score (nSPS) is 23.1. The van der Waals surface area contributed by atoms with E-state index in [1.165, 1.54) is 0 Å². The standard InChI is InChI=1S/C20H20N8/c1-21-19-18-11(14-4-5-15-16(24-14)3-2-7-23-15)6-8-28(18)27-20(26-19)25-17-12-9-22-10-13(12)17/h2-8,12-13,17,22H,9-10H2,1H3,(H2,21,25,26,27)/t12-,13+,17?. The lowest BCUT2D eigenvalue weighted by atomic mass is 10.1. The van der Waals surface area contributed by atoms with Crippen LogP contribution in [-0.2, 0) is 0 Å². The van der Waals surface area contributed by atoms with Crippen LogP contribution in [0.15, 0.2) is 42.7 Å². The Kier molecular flexibility index (Phi) is 3.30. The third-order valence-electron chi connectivity index (χ3n) is 5.87. The highest BCUT2D eigenvalue weighted by Crippen LogP contribution is 2.43. The van der Waals surface area contributed by atoms with Crippen molar-refractivity contribution < 1.29 is 0 Å².